The molecule has 1 amide bonds. The maximum absolute atomic E-state index is 14.0. The van der Waals surface area contributed by atoms with Gasteiger partial charge in [0, 0.05) is 25.5 Å². The number of aryl methyl sites for hydroxylation is 1. The number of ether oxygens (including phenoxy) is 1. The highest BCUT2D eigenvalue weighted by atomic mass is 16.5. The van der Waals surface area contributed by atoms with Gasteiger partial charge in [-0.15, -0.1) is 0 Å². The van der Waals surface area contributed by atoms with Gasteiger partial charge in [-0.2, -0.15) is 0 Å². The van der Waals surface area contributed by atoms with Crippen molar-refractivity contribution < 1.29 is 9.53 Å². The van der Waals surface area contributed by atoms with Crippen molar-refractivity contribution in [1.82, 2.24) is 14.8 Å². The molecule has 1 atom stereocenters. The molecule has 1 aromatic carbocycles. The molecule has 1 aromatic heterocycles. The van der Waals surface area contributed by atoms with Crippen molar-refractivity contribution in [2.24, 2.45) is 5.41 Å². The van der Waals surface area contributed by atoms with E-state index in [-0.39, 0.29) is 11.5 Å². The largest absolute Gasteiger partial charge is 0.491 e. The number of para-hydroxylation sites is 1. The minimum Gasteiger partial charge on any atom is -0.491 e. The maximum Gasteiger partial charge on any atom is 0.229 e. The monoisotopic (exact) mass is 433 g/mol. The Bertz CT molecular complexity index is 908. The third kappa shape index (κ3) is 4.54. The number of aromatic nitrogens is 1. The molecule has 5 nitrogen and oxygen atoms in total. The van der Waals surface area contributed by atoms with E-state index in [4.69, 9.17) is 4.74 Å². The first kappa shape index (κ1) is 21.4. The second kappa shape index (κ2) is 9.62. The minimum absolute atomic E-state index is 0.202. The van der Waals surface area contributed by atoms with Crippen molar-refractivity contribution in [2.45, 2.75) is 64.0 Å². The van der Waals surface area contributed by atoms with E-state index in [1.54, 1.807) is 0 Å². The van der Waals surface area contributed by atoms with Crippen LogP contribution in [-0.4, -0.2) is 53.0 Å². The molecule has 2 aromatic rings. The van der Waals surface area contributed by atoms with E-state index in [1.807, 2.05) is 18.5 Å². The van der Waals surface area contributed by atoms with Crippen LogP contribution < -0.4 is 4.74 Å². The molecule has 0 N–H and O–H groups in total. The van der Waals surface area contributed by atoms with Gasteiger partial charge in [-0.25, -0.2) is 0 Å². The van der Waals surface area contributed by atoms with Gasteiger partial charge >= 0.3 is 0 Å². The maximum atomic E-state index is 14.0. The van der Waals surface area contributed by atoms with Crippen molar-refractivity contribution >= 4 is 5.91 Å². The van der Waals surface area contributed by atoms with Crippen LogP contribution in [0.5, 0.6) is 5.75 Å². The Balaban J connectivity index is 1.32. The molecule has 32 heavy (non-hydrogen) atoms. The van der Waals surface area contributed by atoms with Gasteiger partial charge in [0.15, 0.2) is 0 Å². The van der Waals surface area contributed by atoms with Crippen molar-refractivity contribution in [3.8, 4) is 5.75 Å². The zero-order valence-electron chi connectivity index (χ0n) is 19.0. The van der Waals surface area contributed by atoms with E-state index < -0.39 is 0 Å². The van der Waals surface area contributed by atoms with Gasteiger partial charge in [-0.05, 0) is 81.3 Å². The third-order valence-electron chi connectivity index (χ3n) is 7.79. The lowest BCUT2D eigenvalue weighted by atomic mass is 9.73. The molecule has 3 aliphatic rings. The lowest BCUT2D eigenvalue weighted by Gasteiger charge is -2.44. The third-order valence-corrected chi connectivity index (χ3v) is 7.79. The quantitative estimate of drug-likeness (QED) is 0.702. The molecule has 1 spiro atoms. The number of likely N-dealkylation sites (tertiary alicyclic amines) is 1. The average molecular weight is 434 g/mol. The normalized spacial score (nSPS) is 24.2. The lowest BCUT2D eigenvalue weighted by Crippen LogP contribution is -2.52. The molecule has 0 aliphatic carbocycles. The first-order valence-electron chi connectivity index (χ1n) is 12.4. The Morgan fingerprint density at radius 2 is 1.88 bits per heavy atom. The molecule has 2 fully saturated rings. The number of piperidine rings is 1. The summed E-state index contributed by atoms with van der Waals surface area (Å²) in [6, 6.07) is 12.8. The summed E-state index contributed by atoms with van der Waals surface area (Å²) < 4.78 is 6.27. The Morgan fingerprint density at radius 3 is 2.72 bits per heavy atom. The first-order chi connectivity index (χ1) is 15.7. The molecule has 0 bridgehead atoms. The van der Waals surface area contributed by atoms with Gasteiger partial charge in [0.05, 0.1) is 11.5 Å². The smallest absolute Gasteiger partial charge is 0.229 e. The van der Waals surface area contributed by atoms with Crippen LogP contribution in [0.25, 0.3) is 0 Å². The highest BCUT2D eigenvalue weighted by molar-refractivity contribution is 5.83. The fourth-order valence-electron chi connectivity index (χ4n) is 5.86. The molecule has 0 saturated carbocycles. The van der Waals surface area contributed by atoms with Gasteiger partial charge in [-0.3, -0.25) is 14.7 Å². The van der Waals surface area contributed by atoms with Crippen LogP contribution in [0.2, 0.25) is 0 Å². The minimum atomic E-state index is -0.202. The van der Waals surface area contributed by atoms with Gasteiger partial charge in [-0.1, -0.05) is 30.7 Å². The number of pyridine rings is 1. The summed E-state index contributed by atoms with van der Waals surface area (Å²) in [5.41, 5.74) is 2.36. The van der Waals surface area contributed by atoms with Crippen LogP contribution in [0.3, 0.4) is 0 Å². The molecule has 5 heteroatoms. The van der Waals surface area contributed by atoms with Gasteiger partial charge in [0.1, 0.15) is 12.4 Å². The second-order valence-electron chi connectivity index (χ2n) is 9.84. The van der Waals surface area contributed by atoms with Gasteiger partial charge in [0.25, 0.3) is 0 Å². The summed E-state index contributed by atoms with van der Waals surface area (Å²) in [5.74, 6) is 1.41. The molecule has 0 unspecified atom stereocenters. The molecule has 170 valence electrons. The predicted octanol–water partition coefficient (Wildman–Crippen LogP) is 4.46. The first-order valence-corrected chi connectivity index (χ1v) is 12.4. The Kier molecular flexibility index (Phi) is 6.44. The van der Waals surface area contributed by atoms with Crippen LogP contribution in [0.4, 0.5) is 0 Å². The van der Waals surface area contributed by atoms with Gasteiger partial charge in [0.2, 0.25) is 5.91 Å². The predicted molar refractivity (Wildman–Crippen MR) is 125 cm³/mol. The number of nitrogens with zero attached hydrogens (tertiary/aromatic N) is 3. The number of carbonyl (C=O) groups excluding carboxylic acids is 1. The van der Waals surface area contributed by atoms with Gasteiger partial charge < -0.3 is 9.64 Å². The summed E-state index contributed by atoms with van der Waals surface area (Å²) in [7, 11) is 0. The van der Waals surface area contributed by atoms with E-state index in [9.17, 15) is 4.79 Å². The van der Waals surface area contributed by atoms with E-state index in [0.717, 1.165) is 83.3 Å². The lowest BCUT2D eigenvalue weighted by molar-refractivity contribution is -0.147. The van der Waals surface area contributed by atoms with Crippen LogP contribution in [-0.2, 0) is 17.8 Å². The van der Waals surface area contributed by atoms with E-state index in [2.05, 4.69) is 45.1 Å². The van der Waals surface area contributed by atoms with Crippen molar-refractivity contribution in [2.75, 3.05) is 26.2 Å². The van der Waals surface area contributed by atoms with E-state index >= 15 is 0 Å². The number of rotatable bonds is 2. The Labute approximate surface area is 191 Å². The van der Waals surface area contributed by atoms with Crippen molar-refractivity contribution in [1.29, 1.82) is 0 Å². The average Bonchev–Trinajstić information content (AvgIpc) is 3.30. The fourth-order valence-corrected chi connectivity index (χ4v) is 5.86. The topological polar surface area (TPSA) is 45.7 Å². The zero-order valence-corrected chi connectivity index (χ0v) is 19.0. The molecule has 5 rings (SSSR count). The second-order valence-corrected chi connectivity index (χ2v) is 9.84. The highest BCUT2D eigenvalue weighted by Crippen LogP contribution is 2.41. The highest BCUT2D eigenvalue weighted by Gasteiger charge is 2.45. The SMILES string of the molecule is O=C1N2CCC[C@@H]2COc2ccccc2CCCCC12CCN(Cc1cccnc1)CC2. The zero-order chi connectivity index (χ0) is 21.8. The van der Waals surface area contributed by atoms with E-state index in [1.165, 1.54) is 11.1 Å². The molecular formula is C27H35N3O2. The summed E-state index contributed by atoms with van der Waals surface area (Å²) in [6.07, 6.45) is 12.1. The summed E-state index contributed by atoms with van der Waals surface area (Å²) in [4.78, 5) is 22.9. The molecule has 3 aliphatic heterocycles. The number of hydrogen-bond donors (Lipinski definition) is 0. The summed E-state index contributed by atoms with van der Waals surface area (Å²) in [5, 5.41) is 0. The number of benzene rings is 1. The number of hydrogen-bond acceptors (Lipinski definition) is 4. The van der Waals surface area contributed by atoms with Crippen LogP contribution in [0, 0.1) is 5.41 Å². The Morgan fingerprint density at radius 1 is 1.00 bits per heavy atom. The van der Waals surface area contributed by atoms with Crippen LogP contribution >= 0.6 is 0 Å². The number of fused-ring (bicyclic) bond motifs is 2. The summed E-state index contributed by atoms with van der Waals surface area (Å²) in [6.45, 7) is 4.40. The number of amides is 1. The van der Waals surface area contributed by atoms with Crippen molar-refractivity contribution in [3.05, 3.63) is 59.9 Å². The Hall–Kier alpha value is -2.40. The fraction of sp³-hybridized carbons (Fsp3) is 0.556. The summed E-state index contributed by atoms with van der Waals surface area (Å²) >= 11 is 0. The van der Waals surface area contributed by atoms with Crippen molar-refractivity contribution in [3.63, 3.8) is 0 Å². The molecule has 2 saturated heterocycles. The molecule has 0 radical (unpaired) electrons. The molecule has 4 heterocycles. The number of carbonyl (C=O) groups is 1. The van der Waals surface area contributed by atoms with Crippen LogP contribution in [0.15, 0.2) is 48.8 Å². The van der Waals surface area contributed by atoms with E-state index in [0.29, 0.717) is 12.5 Å². The van der Waals surface area contributed by atoms with Crippen LogP contribution in [0.1, 0.15) is 56.1 Å². The standard InChI is InChI=1S/C27H35N3O2/c31-26-27(13-17-29(18-14-27)20-22-7-5-15-28-19-22)12-4-3-9-23-8-1-2-11-25(23)32-21-24-10-6-16-30(24)26/h1-2,5,7-8,11,15,19,24H,3-4,6,9-10,12-14,16-18,20-21H2/t24-/m1/s1. The molecular weight excluding hydrogens is 398 g/mol.